The molecule has 6 heteroatoms. The maximum atomic E-state index is 5.88. The lowest BCUT2D eigenvalue weighted by Gasteiger charge is -2.24. The van der Waals surface area contributed by atoms with Crippen molar-refractivity contribution in [1.29, 1.82) is 0 Å². The minimum absolute atomic E-state index is 0. The van der Waals surface area contributed by atoms with Crippen molar-refractivity contribution >= 4 is 35.6 Å². The normalized spacial score (nSPS) is 25.8. The Labute approximate surface area is 155 Å². The molecule has 0 radical (unpaired) electrons. The van der Waals surface area contributed by atoms with Gasteiger partial charge in [-0.05, 0) is 31.4 Å². The van der Waals surface area contributed by atoms with Gasteiger partial charge in [-0.2, -0.15) is 0 Å². The van der Waals surface area contributed by atoms with Crippen LogP contribution in [-0.4, -0.2) is 51.4 Å². The second kappa shape index (κ2) is 8.73. The first-order valence-electron chi connectivity index (χ1n) is 8.15. The Kier molecular flexibility index (Phi) is 6.95. The van der Waals surface area contributed by atoms with Crippen LogP contribution in [0.1, 0.15) is 19.3 Å². The maximum Gasteiger partial charge on any atom is 0.191 e. The molecule has 0 aliphatic carbocycles. The van der Waals surface area contributed by atoms with Crippen LogP contribution in [0.2, 0.25) is 0 Å². The highest BCUT2D eigenvalue weighted by Crippen LogP contribution is 2.34. The fourth-order valence-corrected chi connectivity index (χ4v) is 3.31. The van der Waals surface area contributed by atoms with Crippen molar-refractivity contribution in [2.24, 2.45) is 4.99 Å². The minimum atomic E-state index is 0. The Morgan fingerprint density at radius 2 is 2.09 bits per heavy atom. The van der Waals surface area contributed by atoms with Gasteiger partial charge < -0.3 is 20.3 Å². The number of aliphatic imine (C=N–C) groups is 1. The molecule has 2 bridgehead atoms. The van der Waals surface area contributed by atoms with Crippen LogP contribution < -0.4 is 15.5 Å². The zero-order valence-corrected chi connectivity index (χ0v) is 16.2. The van der Waals surface area contributed by atoms with Crippen LogP contribution >= 0.6 is 24.0 Å². The number of likely N-dealkylation sites (N-methyl/N-ethyl adjacent to an activating group) is 1. The zero-order valence-electron chi connectivity index (χ0n) is 13.9. The summed E-state index contributed by atoms with van der Waals surface area (Å²) < 4.78 is 5.88. The van der Waals surface area contributed by atoms with E-state index in [1.807, 2.05) is 13.1 Å². The second-order valence-electron chi connectivity index (χ2n) is 6.12. The van der Waals surface area contributed by atoms with E-state index in [1.54, 1.807) is 0 Å². The molecule has 23 heavy (non-hydrogen) atoms. The first kappa shape index (κ1) is 18.3. The van der Waals surface area contributed by atoms with Gasteiger partial charge in [-0.15, -0.1) is 24.0 Å². The molecular formula is C17H27IN4O. The Morgan fingerprint density at radius 3 is 2.70 bits per heavy atom. The van der Waals surface area contributed by atoms with Gasteiger partial charge in [0.2, 0.25) is 0 Å². The Bertz CT molecular complexity index is 511. The number of guanidine groups is 1. The van der Waals surface area contributed by atoms with E-state index in [9.17, 15) is 0 Å². The molecule has 128 valence electrons. The summed E-state index contributed by atoms with van der Waals surface area (Å²) in [6, 6.07) is 10.8. The van der Waals surface area contributed by atoms with Crippen LogP contribution in [0.3, 0.4) is 0 Å². The van der Waals surface area contributed by atoms with Gasteiger partial charge in [0.05, 0.1) is 18.2 Å². The number of benzene rings is 1. The van der Waals surface area contributed by atoms with Gasteiger partial charge in [-0.25, -0.2) is 0 Å². The summed E-state index contributed by atoms with van der Waals surface area (Å²) in [6.07, 6.45) is 4.34. The number of para-hydroxylation sites is 1. The molecule has 2 N–H and O–H groups in total. The predicted molar refractivity (Wildman–Crippen MR) is 106 cm³/mol. The number of fused-ring (bicyclic) bond motifs is 2. The van der Waals surface area contributed by atoms with Gasteiger partial charge in [0, 0.05) is 32.9 Å². The van der Waals surface area contributed by atoms with Crippen molar-refractivity contribution in [3.63, 3.8) is 0 Å². The molecule has 5 nitrogen and oxygen atoms in total. The number of anilines is 1. The van der Waals surface area contributed by atoms with E-state index < -0.39 is 0 Å². The fraction of sp³-hybridized carbons (Fsp3) is 0.588. The number of halogens is 1. The third kappa shape index (κ3) is 4.73. The van der Waals surface area contributed by atoms with E-state index in [0.29, 0.717) is 18.2 Å². The lowest BCUT2D eigenvalue weighted by Crippen LogP contribution is -2.48. The predicted octanol–water partition coefficient (Wildman–Crippen LogP) is 2.23. The molecule has 3 rings (SSSR count). The summed E-state index contributed by atoms with van der Waals surface area (Å²) in [5.74, 6) is 0.877. The van der Waals surface area contributed by atoms with E-state index in [0.717, 1.165) is 25.5 Å². The van der Waals surface area contributed by atoms with E-state index in [4.69, 9.17) is 4.74 Å². The standard InChI is InChI=1S/C17H26N4O.HI/c1-18-17(20-15-12-14-8-9-16(15)22-14)19-10-11-21(2)13-6-4-3-5-7-13;/h3-7,14-16H,8-12H2,1-2H3,(H2,18,19,20);1H. The maximum absolute atomic E-state index is 5.88. The number of nitrogens with zero attached hydrogens (tertiary/aromatic N) is 2. The highest BCUT2D eigenvalue weighted by atomic mass is 127. The van der Waals surface area contributed by atoms with Crippen LogP contribution in [0.4, 0.5) is 5.69 Å². The molecule has 3 unspecified atom stereocenters. The van der Waals surface area contributed by atoms with E-state index in [1.165, 1.54) is 18.5 Å². The van der Waals surface area contributed by atoms with Crippen molar-refractivity contribution in [2.45, 2.75) is 37.5 Å². The van der Waals surface area contributed by atoms with Gasteiger partial charge in [0.15, 0.2) is 5.96 Å². The molecule has 0 saturated carbocycles. The molecule has 0 aromatic heterocycles. The SMILES string of the molecule is CN=C(NCCN(C)c1ccccc1)NC1CC2CCC1O2.I. The molecule has 2 aliphatic rings. The summed E-state index contributed by atoms with van der Waals surface area (Å²) in [6.45, 7) is 1.78. The van der Waals surface area contributed by atoms with Crippen LogP contribution in [0.5, 0.6) is 0 Å². The Hall–Kier alpha value is -1.02. The number of nitrogens with one attached hydrogen (secondary N) is 2. The average molecular weight is 430 g/mol. The fourth-order valence-electron chi connectivity index (χ4n) is 3.31. The third-order valence-electron chi connectivity index (χ3n) is 4.59. The first-order chi connectivity index (χ1) is 10.8. The highest BCUT2D eigenvalue weighted by molar-refractivity contribution is 14.0. The number of ether oxygens (including phenoxy) is 1. The summed E-state index contributed by atoms with van der Waals surface area (Å²) in [5, 5.41) is 6.90. The molecule has 1 aromatic rings. The summed E-state index contributed by atoms with van der Waals surface area (Å²) in [7, 11) is 3.93. The summed E-state index contributed by atoms with van der Waals surface area (Å²) in [4.78, 5) is 6.56. The van der Waals surface area contributed by atoms with Crippen molar-refractivity contribution in [2.75, 3.05) is 32.1 Å². The van der Waals surface area contributed by atoms with Crippen molar-refractivity contribution in [1.82, 2.24) is 10.6 Å². The molecule has 2 heterocycles. The van der Waals surface area contributed by atoms with Gasteiger partial charge in [-0.1, -0.05) is 18.2 Å². The topological polar surface area (TPSA) is 48.9 Å². The van der Waals surface area contributed by atoms with Crippen molar-refractivity contribution in [3.05, 3.63) is 30.3 Å². The third-order valence-corrected chi connectivity index (χ3v) is 4.59. The van der Waals surface area contributed by atoms with Gasteiger partial charge in [-0.3, -0.25) is 4.99 Å². The molecule has 3 atom stereocenters. The van der Waals surface area contributed by atoms with E-state index >= 15 is 0 Å². The highest BCUT2D eigenvalue weighted by Gasteiger charge is 2.41. The number of rotatable bonds is 5. The number of hydrogen-bond acceptors (Lipinski definition) is 3. The van der Waals surface area contributed by atoms with Gasteiger partial charge in [0.1, 0.15) is 0 Å². The van der Waals surface area contributed by atoms with Crippen LogP contribution in [0.15, 0.2) is 35.3 Å². The monoisotopic (exact) mass is 430 g/mol. The van der Waals surface area contributed by atoms with Crippen LogP contribution in [0, 0.1) is 0 Å². The van der Waals surface area contributed by atoms with E-state index in [-0.39, 0.29) is 24.0 Å². The first-order valence-corrected chi connectivity index (χ1v) is 8.15. The largest absolute Gasteiger partial charge is 0.373 e. The van der Waals surface area contributed by atoms with E-state index in [2.05, 4.69) is 51.8 Å². The smallest absolute Gasteiger partial charge is 0.191 e. The average Bonchev–Trinajstić information content (AvgIpc) is 3.17. The Balaban J connectivity index is 0.00000192. The zero-order chi connectivity index (χ0) is 15.4. The van der Waals surface area contributed by atoms with Crippen LogP contribution in [-0.2, 0) is 4.74 Å². The van der Waals surface area contributed by atoms with Crippen LogP contribution in [0.25, 0.3) is 0 Å². The lowest BCUT2D eigenvalue weighted by molar-refractivity contribution is 0.0992. The Morgan fingerprint density at radius 1 is 1.30 bits per heavy atom. The molecule has 2 fully saturated rings. The number of hydrogen-bond donors (Lipinski definition) is 2. The minimum Gasteiger partial charge on any atom is -0.373 e. The quantitative estimate of drug-likeness (QED) is 0.428. The molecule has 0 spiro atoms. The summed E-state index contributed by atoms with van der Waals surface area (Å²) >= 11 is 0. The molecule has 1 aromatic carbocycles. The summed E-state index contributed by atoms with van der Waals surface area (Å²) in [5.41, 5.74) is 1.23. The lowest BCUT2D eigenvalue weighted by atomic mass is 9.96. The van der Waals surface area contributed by atoms with Crippen molar-refractivity contribution in [3.8, 4) is 0 Å². The second-order valence-corrected chi connectivity index (χ2v) is 6.12. The molecule has 0 amide bonds. The van der Waals surface area contributed by atoms with Crippen molar-refractivity contribution < 1.29 is 4.74 Å². The molecule has 2 saturated heterocycles. The van der Waals surface area contributed by atoms with Gasteiger partial charge in [0.25, 0.3) is 0 Å². The van der Waals surface area contributed by atoms with Gasteiger partial charge >= 0.3 is 0 Å². The molecule has 2 aliphatic heterocycles. The molecular weight excluding hydrogens is 403 g/mol.